The zero-order valence-corrected chi connectivity index (χ0v) is 14.4. The monoisotopic (exact) mass is 347 g/mol. The first-order valence-electron chi connectivity index (χ1n) is 7.40. The van der Waals surface area contributed by atoms with Gasteiger partial charge < -0.3 is 19.5 Å². The fourth-order valence-electron chi connectivity index (χ4n) is 2.42. The second-order valence-electron chi connectivity index (χ2n) is 5.29. The average Bonchev–Trinajstić information content (AvgIpc) is 2.87. The molecule has 1 aromatic heterocycles. The molecule has 0 fully saturated rings. The molecule has 2 heterocycles. The van der Waals surface area contributed by atoms with Crippen LogP contribution in [-0.2, 0) is 4.74 Å². The number of aryl methyl sites for hydroxylation is 1. The van der Waals surface area contributed by atoms with Gasteiger partial charge in [0.2, 0.25) is 0 Å². The number of methoxy groups -OCH3 is 1. The standard InChI is InChI=1S/C17H17NO5S/c1-9-10(2)24-16(14(9)17(20)21-3)18-15(19)11-4-5-12-13(8-11)23-7-6-22-12/h4-5,8H,6-7H2,1-3H3,(H,18,19). The molecule has 7 heteroatoms. The number of anilines is 1. The summed E-state index contributed by atoms with van der Waals surface area (Å²) in [7, 11) is 1.32. The number of carbonyl (C=O) groups is 2. The minimum atomic E-state index is -0.464. The van der Waals surface area contributed by atoms with Gasteiger partial charge in [0.1, 0.15) is 18.2 Å². The molecular formula is C17H17NO5S. The smallest absolute Gasteiger partial charge is 0.341 e. The van der Waals surface area contributed by atoms with E-state index in [0.29, 0.717) is 40.8 Å². The van der Waals surface area contributed by atoms with E-state index in [0.717, 1.165) is 10.4 Å². The maximum atomic E-state index is 12.5. The molecule has 0 saturated heterocycles. The van der Waals surface area contributed by atoms with Gasteiger partial charge in [0.15, 0.2) is 11.5 Å². The van der Waals surface area contributed by atoms with Crippen molar-refractivity contribution >= 4 is 28.2 Å². The molecule has 1 aromatic carbocycles. The Morgan fingerprint density at radius 2 is 1.88 bits per heavy atom. The molecule has 0 bridgehead atoms. The summed E-state index contributed by atoms with van der Waals surface area (Å²) in [6, 6.07) is 5.00. The fourth-order valence-corrected chi connectivity index (χ4v) is 3.47. The molecule has 0 aliphatic carbocycles. The van der Waals surface area contributed by atoms with Gasteiger partial charge in [0, 0.05) is 10.4 Å². The van der Waals surface area contributed by atoms with Crippen molar-refractivity contribution in [3.05, 3.63) is 39.8 Å². The van der Waals surface area contributed by atoms with E-state index in [-0.39, 0.29) is 5.91 Å². The van der Waals surface area contributed by atoms with Crippen LogP contribution in [0.5, 0.6) is 11.5 Å². The lowest BCUT2D eigenvalue weighted by atomic mass is 10.1. The molecule has 1 aliphatic heterocycles. The molecule has 0 unspecified atom stereocenters. The second kappa shape index (κ2) is 6.52. The Bertz CT molecular complexity index is 812. The van der Waals surface area contributed by atoms with Crippen molar-refractivity contribution in [3.63, 3.8) is 0 Å². The highest BCUT2D eigenvalue weighted by atomic mass is 32.1. The van der Waals surface area contributed by atoms with Gasteiger partial charge in [-0.3, -0.25) is 4.79 Å². The van der Waals surface area contributed by atoms with Crippen LogP contribution in [-0.4, -0.2) is 32.2 Å². The summed E-state index contributed by atoms with van der Waals surface area (Å²) < 4.78 is 15.7. The predicted octanol–water partition coefficient (Wildman–Crippen LogP) is 3.18. The molecule has 2 aromatic rings. The zero-order chi connectivity index (χ0) is 17.3. The summed E-state index contributed by atoms with van der Waals surface area (Å²) >= 11 is 1.35. The van der Waals surface area contributed by atoms with Crippen molar-refractivity contribution in [2.45, 2.75) is 13.8 Å². The molecule has 6 nitrogen and oxygen atoms in total. The minimum Gasteiger partial charge on any atom is -0.486 e. The van der Waals surface area contributed by atoms with E-state index in [1.54, 1.807) is 18.2 Å². The zero-order valence-electron chi connectivity index (χ0n) is 13.6. The number of fused-ring (bicyclic) bond motifs is 1. The number of amides is 1. The molecule has 1 aliphatic rings. The largest absolute Gasteiger partial charge is 0.486 e. The molecule has 24 heavy (non-hydrogen) atoms. The number of rotatable bonds is 3. The van der Waals surface area contributed by atoms with Crippen molar-refractivity contribution in [3.8, 4) is 11.5 Å². The topological polar surface area (TPSA) is 73.9 Å². The summed E-state index contributed by atoms with van der Waals surface area (Å²) in [6.45, 7) is 4.67. The molecule has 0 radical (unpaired) electrons. The summed E-state index contributed by atoms with van der Waals surface area (Å²) in [5.74, 6) is 0.379. The molecular weight excluding hydrogens is 330 g/mol. The molecule has 0 spiro atoms. The molecule has 126 valence electrons. The number of carbonyl (C=O) groups excluding carboxylic acids is 2. The third kappa shape index (κ3) is 2.94. The number of thiophene rings is 1. The second-order valence-corrected chi connectivity index (χ2v) is 6.52. The van der Waals surface area contributed by atoms with Crippen LogP contribution < -0.4 is 14.8 Å². The number of ether oxygens (including phenoxy) is 3. The van der Waals surface area contributed by atoms with Crippen LogP contribution in [0.1, 0.15) is 31.2 Å². The lowest BCUT2D eigenvalue weighted by Gasteiger charge is -2.18. The van der Waals surface area contributed by atoms with Crippen LogP contribution in [0.4, 0.5) is 5.00 Å². The number of hydrogen-bond acceptors (Lipinski definition) is 6. The SMILES string of the molecule is COC(=O)c1c(NC(=O)c2ccc3c(c2)OCCO3)sc(C)c1C. The highest BCUT2D eigenvalue weighted by Gasteiger charge is 2.22. The van der Waals surface area contributed by atoms with E-state index in [9.17, 15) is 9.59 Å². The van der Waals surface area contributed by atoms with Crippen LogP contribution >= 0.6 is 11.3 Å². The molecule has 3 rings (SSSR count). The maximum Gasteiger partial charge on any atom is 0.341 e. The lowest BCUT2D eigenvalue weighted by molar-refractivity contribution is 0.0601. The Morgan fingerprint density at radius 3 is 2.58 bits per heavy atom. The summed E-state index contributed by atoms with van der Waals surface area (Å²) in [4.78, 5) is 25.5. The van der Waals surface area contributed by atoms with E-state index in [2.05, 4.69) is 5.32 Å². The Balaban J connectivity index is 1.88. The fraction of sp³-hybridized carbons (Fsp3) is 0.294. The van der Waals surface area contributed by atoms with Crippen LogP contribution in [0.2, 0.25) is 0 Å². The third-order valence-electron chi connectivity index (χ3n) is 3.81. The van der Waals surface area contributed by atoms with Gasteiger partial charge >= 0.3 is 5.97 Å². The molecule has 0 saturated carbocycles. The van der Waals surface area contributed by atoms with Crippen molar-refractivity contribution < 1.29 is 23.8 Å². The maximum absolute atomic E-state index is 12.5. The molecule has 0 atom stereocenters. The van der Waals surface area contributed by atoms with Crippen molar-refractivity contribution in [1.29, 1.82) is 0 Å². The minimum absolute atomic E-state index is 0.321. The van der Waals surface area contributed by atoms with Gasteiger partial charge in [-0.05, 0) is 37.6 Å². The van der Waals surface area contributed by atoms with Crippen LogP contribution in [0, 0.1) is 13.8 Å². The van der Waals surface area contributed by atoms with Gasteiger partial charge in [-0.25, -0.2) is 4.79 Å². The lowest BCUT2D eigenvalue weighted by Crippen LogP contribution is -2.17. The predicted molar refractivity (Wildman–Crippen MR) is 90.5 cm³/mol. The van der Waals surface area contributed by atoms with E-state index >= 15 is 0 Å². The Labute approximate surface area is 143 Å². The van der Waals surface area contributed by atoms with Crippen LogP contribution in [0.15, 0.2) is 18.2 Å². The summed E-state index contributed by atoms with van der Waals surface area (Å²) in [5, 5.41) is 3.28. The van der Waals surface area contributed by atoms with E-state index in [4.69, 9.17) is 14.2 Å². The van der Waals surface area contributed by atoms with Gasteiger partial charge in [-0.2, -0.15) is 0 Å². The first kappa shape index (κ1) is 16.3. The van der Waals surface area contributed by atoms with Crippen molar-refractivity contribution in [1.82, 2.24) is 0 Å². The number of nitrogens with one attached hydrogen (secondary N) is 1. The van der Waals surface area contributed by atoms with Crippen LogP contribution in [0.3, 0.4) is 0 Å². The van der Waals surface area contributed by atoms with Gasteiger partial charge in [-0.1, -0.05) is 0 Å². The van der Waals surface area contributed by atoms with Gasteiger partial charge in [-0.15, -0.1) is 11.3 Å². The highest BCUT2D eigenvalue weighted by Crippen LogP contribution is 2.34. The summed E-state index contributed by atoms with van der Waals surface area (Å²) in [5.41, 5.74) is 1.63. The quantitative estimate of drug-likeness (QED) is 0.863. The highest BCUT2D eigenvalue weighted by molar-refractivity contribution is 7.16. The van der Waals surface area contributed by atoms with E-state index < -0.39 is 5.97 Å². The molecule has 1 N–H and O–H groups in total. The number of esters is 1. The average molecular weight is 347 g/mol. The Hall–Kier alpha value is -2.54. The van der Waals surface area contributed by atoms with Crippen LogP contribution in [0.25, 0.3) is 0 Å². The Kier molecular flexibility index (Phi) is 4.44. The first-order valence-corrected chi connectivity index (χ1v) is 8.22. The number of hydrogen-bond donors (Lipinski definition) is 1. The Morgan fingerprint density at radius 1 is 1.17 bits per heavy atom. The van der Waals surface area contributed by atoms with Crippen molar-refractivity contribution in [2.24, 2.45) is 0 Å². The number of benzene rings is 1. The first-order chi connectivity index (χ1) is 11.5. The van der Waals surface area contributed by atoms with E-state index in [1.807, 2.05) is 13.8 Å². The van der Waals surface area contributed by atoms with Gasteiger partial charge in [0.05, 0.1) is 12.7 Å². The normalized spacial score (nSPS) is 12.6. The van der Waals surface area contributed by atoms with Gasteiger partial charge in [0.25, 0.3) is 5.91 Å². The summed E-state index contributed by atoms with van der Waals surface area (Å²) in [6.07, 6.45) is 0. The molecule has 1 amide bonds. The third-order valence-corrected chi connectivity index (χ3v) is 4.93. The van der Waals surface area contributed by atoms with E-state index in [1.165, 1.54) is 18.4 Å². The van der Waals surface area contributed by atoms with Crippen molar-refractivity contribution in [2.75, 3.05) is 25.6 Å².